The SMILES string of the molecule is CCOC(=O)C1CCCN(C(=O)c2c([O-])on[n+]2-c2ccc(OC)cc2)C1. The minimum absolute atomic E-state index is 0.199. The van der Waals surface area contributed by atoms with Gasteiger partial charge < -0.3 is 24.0 Å². The highest BCUT2D eigenvalue weighted by Crippen LogP contribution is 2.22. The Kier molecular flexibility index (Phi) is 5.58. The lowest BCUT2D eigenvalue weighted by molar-refractivity contribution is -0.672. The van der Waals surface area contributed by atoms with Crippen LogP contribution in [-0.2, 0) is 9.53 Å². The highest BCUT2D eigenvalue weighted by atomic mass is 16.6. The molecule has 1 saturated heterocycles. The number of piperidine rings is 1. The van der Waals surface area contributed by atoms with Gasteiger partial charge in [0.25, 0.3) is 0 Å². The summed E-state index contributed by atoms with van der Waals surface area (Å²) >= 11 is 0. The molecule has 27 heavy (non-hydrogen) atoms. The van der Waals surface area contributed by atoms with Gasteiger partial charge in [-0.2, -0.15) is 0 Å². The van der Waals surface area contributed by atoms with Crippen LogP contribution in [0.25, 0.3) is 5.69 Å². The van der Waals surface area contributed by atoms with E-state index in [0.717, 1.165) is 4.68 Å². The number of likely N-dealkylation sites (tertiary alicyclic amines) is 1. The van der Waals surface area contributed by atoms with E-state index in [0.29, 0.717) is 30.8 Å². The summed E-state index contributed by atoms with van der Waals surface area (Å²) in [5.74, 6) is -1.44. The molecule has 1 amide bonds. The van der Waals surface area contributed by atoms with Gasteiger partial charge >= 0.3 is 17.6 Å². The molecule has 2 heterocycles. The molecule has 1 unspecified atom stereocenters. The van der Waals surface area contributed by atoms with Crippen molar-refractivity contribution in [2.24, 2.45) is 5.92 Å². The van der Waals surface area contributed by atoms with Gasteiger partial charge in [-0.05, 0) is 36.6 Å². The molecule has 1 aromatic heterocycles. The molecule has 0 saturated carbocycles. The largest absolute Gasteiger partial charge is 0.538 e. The Labute approximate surface area is 156 Å². The van der Waals surface area contributed by atoms with E-state index in [1.54, 1.807) is 38.3 Å². The number of carbonyl (C=O) groups excluding carboxylic acids is 2. The standard InChI is InChI=1S/C18H21N3O6/c1-3-26-17(23)12-5-4-10-20(11-12)16(22)15-18(24)27-19-21(15)13-6-8-14(25-2)9-7-13/h6-9,12H,3-5,10-11H2,1-2H3. The first kappa shape index (κ1) is 18.7. The number of benzene rings is 1. The quantitative estimate of drug-likeness (QED) is 0.551. The second-order valence-corrected chi connectivity index (χ2v) is 6.16. The Bertz CT molecular complexity index is 817. The summed E-state index contributed by atoms with van der Waals surface area (Å²) in [6.07, 6.45) is 1.30. The van der Waals surface area contributed by atoms with Gasteiger partial charge in [0.15, 0.2) is 5.95 Å². The summed E-state index contributed by atoms with van der Waals surface area (Å²) in [5.41, 5.74) is 0.286. The summed E-state index contributed by atoms with van der Waals surface area (Å²) in [6.45, 7) is 2.67. The lowest BCUT2D eigenvalue weighted by atomic mass is 9.98. The molecule has 9 heteroatoms. The van der Waals surface area contributed by atoms with Crippen LogP contribution < -0.4 is 14.5 Å². The maximum atomic E-state index is 13.0. The third kappa shape index (κ3) is 3.86. The van der Waals surface area contributed by atoms with E-state index in [9.17, 15) is 14.7 Å². The maximum absolute atomic E-state index is 13.0. The Morgan fingerprint density at radius 2 is 2.11 bits per heavy atom. The number of hydrogen-bond acceptors (Lipinski definition) is 7. The predicted octanol–water partition coefficient (Wildman–Crippen LogP) is 0.449. The summed E-state index contributed by atoms with van der Waals surface area (Å²) in [4.78, 5) is 26.4. The molecular formula is C18H21N3O6. The van der Waals surface area contributed by atoms with Gasteiger partial charge in [0, 0.05) is 25.2 Å². The van der Waals surface area contributed by atoms with Crippen molar-refractivity contribution in [1.82, 2.24) is 10.2 Å². The van der Waals surface area contributed by atoms with Crippen molar-refractivity contribution in [3.63, 3.8) is 0 Å². The van der Waals surface area contributed by atoms with E-state index in [4.69, 9.17) is 14.0 Å². The van der Waals surface area contributed by atoms with Crippen molar-refractivity contribution < 1.29 is 33.4 Å². The summed E-state index contributed by atoms with van der Waals surface area (Å²) in [5, 5.41) is 15.8. The number of hydrogen-bond donors (Lipinski definition) is 0. The maximum Gasteiger partial charge on any atom is 0.327 e. The van der Waals surface area contributed by atoms with Crippen LogP contribution in [0.3, 0.4) is 0 Å². The number of methoxy groups -OCH3 is 1. The fraction of sp³-hybridized carbons (Fsp3) is 0.444. The molecule has 0 spiro atoms. The molecule has 144 valence electrons. The average Bonchev–Trinajstić information content (AvgIpc) is 3.09. The van der Waals surface area contributed by atoms with Gasteiger partial charge in [-0.25, -0.2) is 0 Å². The summed E-state index contributed by atoms with van der Waals surface area (Å²) in [7, 11) is 1.54. The first-order valence-electron chi connectivity index (χ1n) is 8.74. The van der Waals surface area contributed by atoms with E-state index in [1.807, 2.05) is 0 Å². The fourth-order valence-corrected chi connectivity index (χ4v) is 3.09. The molecule has 0 N–H and O–H groups in total. The molecule has 1 atom stereocenters. The Morgan fingerprint density at radius 1 is 1.37 bits per heavy atom. The minimum atomic E-state index is -0.825. The highest BCUT2D eigenvalue weighted by Gasteiger charge is 2.36. The first-order chi connectivity index (χ1) is 13.0. The lowest BCUT2D eigenvalue weighted by Crippen LogP contribution is -2.48. The molecular weight excluding hydrogens is 354 g/mol. The number of aromatic nitrogens is 2. The van der Waals surface area contributed by atoms with Crippen molar-refractivity contribution in [3.8, 4) is 17.4 Å². The van der Waals surface area contributed by atoms with Crippen LogP contribution >= 0.6 is 0 Å². The first-order valence-corrected chi connectivity index (χ1v) is 8.74. The van der Waals surface area contributed by atoms with Crippen molar-refractivity contribution in [1.29, 1.82) is 0 Å². The minimum Gasteiger partial charge on any atom is -0.538 e. The Morgan fingerprint density at radius 3 is 2.78 bits per heavy atom. The Hall–Kier alpha value is -3.10. The summed E-state index contributed by atoms with van der Waals surface area (Å²) in [6, 6.07) is 6.70. The molecule has 0 bridgehead atoms. The number of amides is 1. The van der Waals surface area contributed by atoms with Gasteiger partial charge in [0.2, 0.25) is 5.69 Å². The third-order valence-electron chi connectivity index (χ3n) is 4.46. The average molecular weight is 375 g/mol. The topological polar surface area (TPSA) is 109 Å². The number of carbonyl (C=O) groups is 2. The number of rotatable bonds is 5. The second-order valence-electron chi connectivity index (χ2n) is 6.16. The Balaban J connectivity index is 1.84. The van der Waals surface area contributed by atoms with Gasteiger partial charge in [0.05, 0.1) is 24.9 Å². The molecule has 1 aliphatic heterocycles. The van der Waals surface area contributed by atoms with Crippen molar-refractivity contribution >= 4 is 11.9 Å². The van der Waals surface area contributed by atoms with Gasteiger partial charge in [-0.1, -0.05) is 0 Å². The normalized spacial score (nSPS) is 16.8. The van der Waals surface area contributed by atoms with Gasteiger partial charge in [-0.3, -0.25) is 9.59 Å². The molecule has 0 aliphatic carbocycles. The van der Waals surface area contributed by atoms with E-state index in [1.165, 1.54) is 4.90 Å². The van der Waals surface area contributed by atoms with E-state index >= 15 is 0 Å². The van der Waals surface area contributed by atoms with E-state index in [2.05, 4.69) is 5.27 Å². The third-order valence-corrected chi connectivity index (χ3v) is 4.46. The van der Waals surface area contributed by atoms with E-state index in [-0.39, 0.29) is 24.8 Å². The smallest absolute Gasteiger partial charge is 0.327 e. The van der Waals surface area contributed by atoms with Crippen molar-refractivity contribution in [2.45, 2.75) is 19.8 Å². The monoisotopic (exact) mass is 375 g/mol. The molecule has 2 aromatic rings. The van der Waals surface area contributed by atoms with E-state index < -0.39 is 17.8 Å². The lowest BCUT2D eigenvalue weighted by Gasteiger charge is -2.30. The highest BCUT2D eigenvalue weighted by molar-refractivity contribution is 5.93. The zero-order valence-corrected chi connectivity index (χ0v) is 15.2. The van der Waals surface area contributed by atoms with Crippen molar-refractivity contribution in [2.75, 3.05) is 26.8 Å². The van der Waals surface area contributed by atoms with Crippen LogP contribution in [-0.4, -0.2) is 48.9 Å². The van der Waals surface area contributed by atoms with Gasteiger partial charge in [-0.15, -0.1) is 0 Å². The fourth-order valence-electron chi connectivity index (χ4n) is 3.09. The molecule has 9 nitrogen and oxygen atoms in total. The molecule has 1 aromatic carbocycles. The zero-order valence-electron chi connectivity index (χ0n) is 15.2. The number of ether oxygens (including phenoxy) is 2. The predicted molar refractivity (Wildman–Crippen MR) is 89.3 cm³/mol. The molecule has 0 radical (unpaired) electrons. The molecule has 1 fully saturated rings. The number of esters is 1. The van der Waals surface area contributed by atoms with Crippen LogP contribution in [0.15, 0.2) is 28.8 Å². The van der Waals surface area contributed by atoms with Crippen LogP contribution in [0.5, 0.6) is 11.7 Å². The van der Waals surface area contributed by atoms with Crippen LogP contribution in [0.2, 0.25) is 0 Å². The molecule has 3 rings (SSSR count). The van der Waals surface area contributed by atoms with Crippen LogP contribution in [0.1, 0.15) is 30.3 Å². The number of nitrogens with zero attached hydrogens (tertiary/aromatic N) is 3. The van der Waals surface area contributed by atoms with Crippen LogP contribution in [0, 0.1) is 5.92 Å². The second kappa shape index (κ2) is 8.07. The molecule has 1 aliphatic rings. The van der Waals surface area contributed by atoms with Crippen molar-refractivity contribution in [3.05, 3.63) is 30.0 Å². The zero-order chi connectivity index (χ0) is 19.4. The van der Waals surface area contributed by atoms with Crippen LogP contribution in [0.4, 0.5) is 0 Å². The van der Waals surface area contributed by atoms with Gasteiger partial charge in [0.1, 0.15) is 5.75 Å². The summed E-state index contributed by atoms with van der Waals surface area (Å²) < 4.78 is 16.0.